The fourth-order valence-electron chi connectivity index (χ4n) is 6.54. The standard InChI is InChI=1S/C54H96NO7P/c1-6-8-10-12-14-16-18-20-22-24-26-27-28-30-32-34-36-38-40-42-44-46-49-59-51-53(52-61-63(57,58)60-50-48-55(3,4)5)62-54(56)47-45-43-41-39-37-35-33-31-29-25-23-21-19-17-15-13-11-9-7-2/h8,10,14,16,20-23,26-27,30,32,36,38,53H,6-7,9,11-13,15,17-19,24-25,28-29,31,33-35,37,39-52H2,1-5H3/b10-8-,16-14-,22-20-,23-21-,27-26-,32-30-,38-36-. The summed E-state index contributed by atoms with van der Waals surface area (Å²) in [7, 11) is 1.32. The minimum Gasteiger partial charge on any atom is -0.756 e. The van der Waals surface area contributed by atoms with Gasteiger partial charge in [-0.1, -0.05) is 182 Å². The summed E-state index contributed by atoms with van der Waals surface area (Å²) in [6.45, 7) is 5.20. The van der Waals surface area contributed by atoms with E-state index in [2.05, 4.69) is 98.9 Å². The first-order valence-corrected chi connectivity index (χ1v) is 26.8. The molecule has 0 saturated heterocycles. The summed E-state index contributed by atoms with van der Waals surface area (Å²) in [6, 6.07) is 0. The lowest BCUT2D eigenvalue weighted by Gasteiger charge is -2.28. The maximum absolute atomic E-state index is 12.7. The van der Waals surface area contributed by atoms with Crippen LogP contribution in [0.5, 0.6) is 0 Å². The van der Waals surface area contributed by atoms with Gasteiger partial charge in [0.2, 0.25) is 0 Å². The van der Waals surface area contributed by atoms with E-state index >= 15 is 0 Å². The molecule has 0 aromatic rings. The minimum absolute atomic E-state index is 0.0147. The third-order valence-electron chi connectivity index (χ3n) is 10.4. The van der Waals surface area contributed by atoms with Gasteiger partial charge in [-0.05, 0) is 89.9 Å². The SMILES string of the molecule is CC/C=C\C/C=C\C/C=C\C/C=C\C/C=C\C/C=C\CCCCCOCC(COP(=O)([O-])OCC[N+](C)(C)C)OC(=O)CCCCCCCCCCC/C=C\CCCCCCCC. The average Bonchev–Trinajstić information content (AvgIpc) is 3.24. The lowest BCUT2D eigenvalue weighted by Crippen LogP contribution is -2.37. The Kier molecular flexibility index (Phi) is 44.5. The van der Waals surface area contributed by atoms with E-state index in [0.29, 0.717) is 24.1 Å². The highest BCUT2D eigenvalue weighted by atomic mass is 31.2. The van der Waals surface area contributed by atoms with Crippen LogP contribution in [-0.4, -0.2) is 70.7 Å². The van der Waals surface area contributed by atoms with Crippen molar-refractivity contribution in [1.29, 1.82) is 0 Å². The predicted molar refractivity (Wildman–Crippen MR) is 268 cm³/mol. The summed E-state index contributed by atoms with van der Waals surface area (Å²) in [5.74, 6) is -0.351. The summed E-state index contributed by atoms with van der Waals surface area (Å²) >= 11 is 0. The Balaban J connectivity index is 4.25. The van der Waals surface area contributed by atoms with Gasteiger partial charge in [0.25, 0.3) is 7.82 Å². The molecule has 8 nitrogen and oxygen atoms in total. The zero-order chi connectivity index (χ0) is 46.2. The van der Waals surface area contributed by atoms with Gasteiger partial charge < -0.3 is 27.9 Å². The van der Waals surface area contributed by atoms with E-state index in [-0.39, 0.29) is 25.8 Å². The zero-order valence-corrected chi connectivity index (χ0v) is 42.1. The zero-order valence-electron chi connectivity index (χ0n) is 41.2. The lowest BCUT2D eigenvalue weighted by molar-refractivity contribution is -0.870. The molecule has 2 atom stereocenters. The molecule has 9 heteroatoms. The summed E-state index contributed by atoms with van der Waals surface area (Å²) in [6.07, 6.45) is 61.8. The normalized spacial score (nSPS) is 14.3. The number of hydrogen-bond acceptors (Lipinski definition) is 7. The van der Waals surface area contributed by atoms with E-state index in [1.807, 2.05) is 21.1 Å². The molecule has 0 amide bonds. The van der Waals surface area contributed by atoms with Crippen molar-refractivity contribution in [2.75, 3.05) is 54.1 Å². The highest BCUT2D eigenvalue weighted by molar-refractivity contribution is 7.45. The molecule has 364 valence electrons. The van der Waals surface area contributed by atoms with Crippen molar-refractivity contribution in [3.05, 3.63) is 85.1 Å². The topological polar surface area (TPSA) is 94.1 Å². The van der Waals surface area contributed by atoms with E-state index in [1.165, 1.54) is 89.9 Å². The van der Waals surface area contributed by atoms with Crippen molar-refractivity contribution >= 4 is 13.8 Å². The first kappa shape index (κ1) is 60.7. The van der Waals surface area contributed by atoms with E-state index in [9.17, 15) is 14.3 Å². The molecule has 0 heterocycles. The number of quaternary nitrogens is 1. The third-order valence-corrected chi connectivity index (χ3v) is 11.4. The highest BCUT2D eigenvalue weighted by Crippen LogP contribution is 2.38. The van der Waals surface area contributed by atoms with Gasteiger partial charge in [0.05, 0.1) is 34.4 Å². The van der Waals surface area contributed by atoms with E-state index in [4.69, 9.17) is 18.5 Å². The second kappa shape index (κ2) is 46.2. The molecule has 2 unspecified atom stereocenters. The van der Waals surface area contributed by atoms with E-state index in [1.54, 1.807) is 0 Å². The van der Waals surface area contributed by atoms with Gasteiger partial charge in [-0.15, -0.1) is 0 Å². The molecule has 0 aliphatic carbocycles. The van der Waals surface area contributed by atoms with Crippen LogP contribution in [-0.2, 0) is 27.9 Å². The molecule has 0 bridgehead atoms. The van der Waals surface area contributed by atoms with Crippen molar-refractivity contribution < 1.29 is 37.3 Å². The van der Waals surface area contributed by atoms with Gasteiger partial charge in [0.1, 0.15) is 19.3 Å². The molecule has 0 aromatic heterocycles. The molecule has 0 aliphatic rings. The Morgan fingerprint density at radius 3 is 1.40 bits per heavy atom. The van der Waals surface area contributed by atoms with Crippen LogP contribution in [0, 0.1) is 0 Å². The van der Waals surface area contributed by atoms with Crippen molar-refractivity contribution in [1.82, 2.24) is 0 Å². The second-order valence-electron chi connectivity index (χ2n) is 17.8. The molecule has 0 radical (unpaired) electrons. The molecule has 0 fully saturated rings. The van der Waals surface area contributed by atoms with Gasteiger partial charge >= 0.3 is 5.97 Å². The van der Waals surface area contributed by atoms with Gasteiger partial charge in [0, 0.05) is 13.0 Å². The second-order valence-corrected chi connectivity index (χ2v) is 19.2. The fraction of sp³-hybridized carbons (Fsp3) is 0.722. The van der Waals surface area contributed by atoms with E-state index in [0.717, 1.165) is 83.5 Å². The van der Waals surface area contributed by atoms with Crippen molar-refractivity contribution in [2.45, 2.75) is 200 Å². The number of carbonyl (C=O) groups excluding carboxylic acids is 1. The fourth-order valence-corrected chi connectivity index (χ4v) is 7.27. The Morgan fingerprint density at radius 2 is 0.921 bits per heavy atom. The van der Waals surface area contributed by atoms with Crippen molar-refractivity contribution in [3.63, 3.8) is 0 Å². The number of carbonyl (C=O) groups is 1. The van der Waals surface area contributed by atoms with Crippen LogP contribution in [0.2, 0.25) is 0 Å². The minimum atomic E-state index is -4.55. The van der Waals surface area contributed by atoms with Crippen LogP contribution >= 0.6 is 7.82 Å². The molecule has 0 rings (SSSR count). The molecule has 0 aromatic carbocycles. The van der Waals surface area contributed by atoms with Crippen molar-refractivity contribution in [2.24, 2.45) is 0 Å². The molecule has 0 aliphatic heterocycles. The number of unbranched alkanes of at least 4 members (excludes halogenated alkanes) is 18. The number of nitrogens with zero attached hydrogens (tertiary/aromatic N) is 1. The van der Waals surface area contributed by atoms with Crippen LogP contribution in [0.25, 0.3) is 0 Å². The van der Waals surface area contributed by atoms with Crippen LogP contribution < -0.4 is 4.89 Å². The van der Waals surface area contributed by atoms with E-state index < -0.39 is 13.9 Å². The van der Waals surface area contributed by atoms with Crippen LogP contribution in [0.3, 0.4) is 0 Å². The van der Waals surface area contributed by atoms with Gasteiger partial charge in [0.15, 0.2) is 0 Å². The molecule has 63 heavy (non-hydrogen) atoms. The van der Waals surface area contributed by atoms with Gasteiger partial charge in [-0.3, -0.25) is 9.36 Å². The summed E-state index contributed by atoms with van der Waals surface area (Å²) < 4.78 is 34.7. The first-order chi connectivity index (χ1) is 30.6. The van der Waals surface area contributed by atoms with Crippen LogP contribution in [0.15, 0.2) is 85.1 Å². The molecular formula is C54H96NO7P. The average molecular weight is 902 g/mol. The maximum atomic E-state index is 12.7. The van der Waals surface area contributed by atoms with Gasteiger partial charge in [-0.25, -0.2) is 0 Å². The predicted octanol–water partition coefficient (Wildman–Crippen LogP) is 15.0. The number of rotatable bonds is 46. The number of allylic oxidation sites excluding steroid dienone is 14. The molecule has 0 spiro atoms. The maximum Gasteiger partial charge on any atom is 0.306 e. The number of phosphoric ester groups is 1. The number of phosphoric acid groups is 1. The molecular weight excluding hydrogens is 806 g/mol. The Labute approximate surface area is 388 Å². The molecule has 0 saturated carbocycles. The number of esters is 1. The number of likely N-dealkylation sites (N-methyl/N-ethyl adjacent to an activating group) is 1. The lowest BCUT2D eigenvalue weighted by atomic mass is 10.1. The first-order valence-electron chi connectivity index (χ1n) is 25.3. The highest BCUT2D eigenvalue weighted by Gasteiger charge is 2.20. The smallest absolute Gasteiger partial charge is 0.306 e. The van der Waals surface area contributed by atoms with Crippen LogP contribution in [0.1, 0.15) is 194 Å². The largest absolute Gasteiger partial charge is 0.756 e. The van der Waals surface area contributed by atoms with Gasteiger partial charge in [-0.2, -0.15) is 0 Å². The Hall–Kier alpha value is -2.32. The Bertz CT molecular complexity index is 1280. The number of ether oxygens (including phenoxy) is 2. The summed E-state index contributed by atoms with van der Waals surface area (Å²) in [5, 5.41) is 0. The van der Waals surface area contributed by atoms with Crippen LogP contribution in [0.4, 0.5) is 0 Å². The summed E-state index contributed by atoms with van der Waals surface area (Å²) in [5.41, 5.74) is 0. The quantitative estimate of drug-likeness (QED) is 0.0197. The molecule has 0 N–H and O–H groups in total. The van der Waals surface area contributed by atoms with Crippen molar-refractivity contribution in [3.8, 4) is 0 Å². The number of hydrogen-bond donors (Lipinski definition) is 0. The third kappa shape index (κ3) is 50.5. The summed E-state index contributed by atoms with van der Waals surface area (Å²) in [4.78, 5) is 25.2. The Morgan fingerprint density at radius 1 is 0.508 bits per heavy atom. The monoisotopic (exact) mass is 902 g/mol.